The third-order valence-corrected chi connectivity index (χ3v) is 7.06. The third kappa shape index (κ3) is 6.42. The summed E-state index contributed by atoms with van der Waals surface area (Å²) >= 11 is 1.73. The smallest absolute Gasteiger partial charge is 0.322 e. The zero-order chi connectivity index (χ0) is 24.8. The van der Waals surface area contributed by atoms with Crippen molar-refractivity contribution in [1.29, 1.82) is 0 Å². The number of nitrogens with zero attached hydrogens (tertiary/aromatic N) is 2. The fourth-order valence-corrected chi connectivity index (χ4v) is 5.25. The van der Waals surface area contributed by atoms with Gasteiger partial charge in [-0.05, 0) is 60.5 Å². The maximum Gasteiger partial charge on any atom is 0.322 e. The van der Waals surface area contributed by atoms with Gasteiger partial charge in [0.1, 0.15) is 18.9 Å². The zero-order valence-electron chi connectivity index (χ0n) is 20.6. The number of rotatable bonds is 8. The van der Waals surface area contributed by atoms with Crippen LogP contribution in [-0.2, 0) is 11.2 Å². The number of hydrogen-bond donors (Lipinski definition) is 1. The van der Waals surface area contributed by atoms with Crippen LogP contribution in [-0.4, -0.2) is 48.0 Å². The van der Waals surface area contributed by atoms with Gasteiger partial charge in [0.15, 0.2) is 0 Å². The first-order valence-electron chi connectivity index (χ1n) is 12.1. The molecule has 4 rings (SSSR count). The second kappa shape index (κ2) is 11.4. The van der Waals surface area contributed by atoms with E-state index in [1.807, 2.05) is 80.3 Å². The lowest BCUT2D eigenvalue weighted by Crippen LogP contribution is -2.49. The van der Waals surface area contributed by atoms with Crippen LogP contribution in [0.15, 0.2) is 66.0 Å². The van der Waals surface area contributed by atoms with Crippen LogP contribution in [0, 0.1) is 12.8 Å². The van der Waals surface area contributed by atoms with Crippen molar-refractivity contribution in [3.05, 3.63) is 82.0 Å². The van der Waals surface area contributed by atoms with Crippen LogP contribution in [0.1, 0.15) is 35.9 Å². The van der Waals surface area contributed by atoms with Crippen molar-refractivity contribution >= 4 is 29.0 Å². The van der Waals surface area contributed by atoms with Gasteiger partial charge in [-0.25, -0.2) is 4.79 Å². The summed E-state index contributed by atoms with van der Waals surface area (Å²) in [5.74, 6) is 0.943. The number of carbonyl (C=O) groups excluding carboxylic acids is 2. The van der Waals surface area contributed by atoms with Gasteiger partial charge < -0.3 is 19.9 Å². The molecular formula is C28H33N3O3S. The average Bonchev–Trinajstić information content (AvgIpc) is 3.33. The molecule has 0 fully saturated rings. The fourth-order valence-electron chi connectivity index (χ4n) is 4.32. The second-order valence-electron chi connectivity index (χ2n) is 9.35. The molecule has 3 aromatic rings. The number of carbonyl (C=O) groups is 2. The SMILES string of the molecule is Cc1ccc(NC(=O)N(CC(=O)N2CCc3sccc3C2COc2ccccc2)CC(C)C)cc1. The zero-order valence-corrected chi connectivity index (χ0v) is 21.4. The number of nitrogens with one attached hydrogen (secondary N) is 1. The molecule has 1 aromatic heterocycles. The molecule has 0 bridgehead atoms. The highest BCUT2D eigenvalue weighted by Gasteiger charge is 2.33. The molecule has 0 spiro atoms. The number of para-hydroxylation sites is 1. The fraction of sp³-hybridized carbons (Fsp3) is 0.357. The molecule has 0 aliphatic carbocycles. The first-order valence-corrected chi connectivity index (χ1v) is 12.9. The number of urea groups is 1. The number of fused-ring (bicyclic) bond motifs is 1. The topological polar surface area (TPSA) is 61.9 Å². The molecule has 6 nitrogen and oxygen atoms in total. The highest BCUT2D eigenvalue weighted by atomic mass is 32.1. The Morgan fingerprint density at radius 2 is 1.86 bits per heavy atom. The Morgan fingerprint density at radius 1 is 1.11 bits per heavy atom. The molecule has 1 aliphatic rings. The third-order valence-electron chi connectivity index (χ3n) is 6.07. The van der Waals surface area contributed by atoms with Gasteiger partial charge in [0.2, 0.25) is 5.91 Å². The minimum atomic E-state index is -0.263. The van der Waals surface area contributed by atoms with Gasteiger partial charge in [-0.3, -0.25) is 4.79 Å². The number of ether oxygens (including phenoxy) is 1. The molecule has 0 radical (unpaired) electrons. The number of aryl methyl sites for hydroxylation is 1. The summed E-state index contributed by atoms with van der Waals surface area (Å²) in [5.41, 5.74) is 2.99. The van der Waals surface area contributed by atoms with Crippen molar-refractivity contribution in [1.82, 2.24) is 9.80 Å². The first-order chi connectivity index (χ1) is 16.9. The minimum absolute atomic E-state index is 0.0250. The highest BCUT2D eigenvalue weighted by Crippen LogP contribution is 2.34. The van der Waals surface area contributed by atoms with E-state index in [0.29, 0.717) is 19.7 Å². The van der Waals surface area contributed by atoms with Crippen LogP contribution in [0.4, 0.5) is 10.5 Å². The lowest BCUT2D eigenvalue weighted by atomic mass is 10.0. The van der Waals surface area contributed by atoms with E-state index in [0.717, 1.165) is 29.0 Å². The Morgan fingerprint density at radius 3 is 2.57 bits per heavy atom. The Labute approximate surface area is 211 Å². The maximum absolute atomic E-state index is 13.6. The van der Waals surface area contributed by atoms with Crippen LogP contribution < -0.4 is 10.1 Å². The Bertz CT molecular complexity index is 1130. The molecule has 1 aliphatic heterocycles. The van der Waals surface area contributed by atoms with E-state index >= 15 is 0 Å². The maximum atomic E-state index is 13.6. The lowest BCUT2D eigenvalue weighted by molar-refractivity contribution is -0.135. The van der Waals surface area contributed by atoms with Gasteiger partial charge >= 0.3 is 6.03 Å². The van der Waals surface area contributed by atoms with Gasteiger partial charge in [0, 0.05) is 23.7 Å². The number of amides is 3. The van der Waals surface area contributed by atoms with Crippen LogP contribution in [0.3, 0.4) is 0 Å². The van der Waals surface area contributed by atoms with E-state index in [-0.39, 0.29) is 30.4 Å². The molecule has 1 N–H and O–H groups in total. The van der Waals surface area contributed by atoms with Gasteiger partial charge in [-0.2, -0.15) is 0 Å². The van der Waals surface area contributed by atoms with E-state index in [1.165, 1.54) is 4.88 Å². The molecule has 3 amide bonds. The molecule has 0 saturated heterocycles. The Hall–Kier alpha value is -3.32. The van der Waals surface area contributed by atoms with E-state index in [1.54, 1.807) is 16.2 Å². The van der Waals surface area contributed by atoms with Crippen LogP contribution in [0.25, 0.3) is 0 Å². The standard InChI is InChI=1S/C28H33N3O3S/c1-20(2)17-30(28(33)29-22-11-9-21(3)10-12-22)18-27(32)31-15-13-26-24(14-16-35-26)25(31)19-34-23-7-5-4-6-8-23/h4-12,14,16,20,25H,13,15,17-19H2,1-3H3,(H,29,33). The van der Waals surface area contributed by atoms with Crippen molar-refractivity contribution in [2.24, 2.45) is 5.92 Å². The van der Waals surface area contributed by atoms with Crippen molar-refractivity contribution in [3.8, 4) is 5.75 Å². The number of anilines is 1. The average molecular weight is 492 g/mol. The van der Waals surface area contributed by atoms with Gasteiger partial charge in [-0.1, -0.05) is 49.7 Å². The molecular weight excluding hydrogens is 458 g/mol. The second-order valence-corrected chi connectivity index (χ2v) is 10.3. The van der Waals surface area contributed by atoms with Gasteiger partial charge in [0.25, 0.3) is 0 Å². The normalized spacial score (nSPS) is 15.0. The quantitative estimate of drug-likeness (QED) is 0.436. The van der Waals surface area contributed by atoms with Crippen molar-refractivity contribution < 1.29 is 14.3 Å². The first kappa shape index (κ1) is 24.8. The molecule has 1 unspecified atom stereocenters. The van der Waals surface area contributed by atoms with Crippen LogP contribution >= 0.6 is 11.3 Å². The largest absolute Gasteiger partial charge is 0.491 e. The summed E-state index contributed by atoms with van der Waals surface area (Å²) < 4.78 is 6.08. The summed E-state index contributed by atoms with van der Waals surface area (Å²) in [7, 11) is 0. The number of thiophene rings is 1. The van der Waals surface area contributed by atoms with Gasteiger partial charge in [-0.15, -0.1) is 11.3 Å². The van der Waals surface area contributed by atoms with E-state index in [9.17, 15) is 9.59 Å². The summed E-state index contributed by atoms with van der Waals surface area (Å²) in [6.07, 6.45) is 0.820. The highest BCUT2D eigenvalue weighted by molar-refractivity contribution is 7.10. The minimum Gasteiger partial charge on any atom is -0.491 e. The number of hydrogen-bond acceptors (Lipinski definition) is 4. The molecule has 1 atom stereocenters. The molecule has 184 valence electrons. The summed E-state index contributed by atoms with van der Waals surface area (Å²) in [6.45, 7) is 7.61. The van der Waals surface area contributed by atoms with Crippen LogP contribution in [0.5, 0.6) is 5.75 Å². The predicted molar refractivity (Wildman–Crippen MR) is 141 cm³/mol. The molecule has 0 saturated carbocycles. The Balaban J connectivity index is 1.48. The van der Waals surface area contributed by atoms with E-state index in [2.05, 4.69) is 16.8 Å². The molecule has 35 heavy (non-hydrogen) atoms. The summed E-state index contributed by atoms with van der Waals surface area (Å²) in [5, 5.41) is 5.02. The van der Waals surface area contributed by atoms with Crippen molar-refractivity contribution in [2.45, 2.75) is 33.2 Å². The van der Waals surface area contributed by atoms with Crippen molar-refractivity contribution in [3.63, 3.8) is 0 Å². The molecule has 7 heteroatoms. The summed E-state index contributed by atoms with van der Waals surface area (Å²) in [6, 6.07) is 19.0. The lowest BCUT2D eigenvalue weighted by Gasteiger charge is -2.37. The molecule has 2 aromatic carbocycles. The van der Waals surface area contributed by atoms with E-state index in [4.69, 9.17) is 4.74 Å². The summed E-state index contributed by atoms with van der Waals surface area (Å²) in [4.78, 5) is 31.5. The molecule has 2 heterocycles. The Kier molecular flexibility index (Phi) is 8.08. The van der Waals surface area contributed by atoms with Crippen molar-refractivity contribution in [2.75, 3.05) is 31.6 Å². The van der Waals surface area contributed by atoms with Crippen LogP contribution in [0.2, 0.25) is 0 Å². The monoisotopic (exact) mass is 491 g/mol. The number of benzene rings is 2. The van der Waals surface area contributed by atoms with E-state index < -0.39 is 0 Å². The predicted octanol–water partition coefficient (Wildman–Crippen LogP) is 5.75. The van der Waals surface area contributed by atoms with Gasteiger partial charge in [0.05, 0.1) is 6.04 Å².